The topological polar surface area (TPSA) is 95.1 Å². The Morgan fingerprint density at radius 1 is 0.784 bits per heavy atom. The van der Waals surface area contributed by atoms with Gasteiger partial charge >= 0.3 is 0 Å². The number of nitrogens with one attached hydrogen (secondary N) is 2. The van der Waals surface area contributed by atoms with Crippen molar-refractivity contribution in [2.45, 2.75) is 0 Å². The van der Waals surface area contributed by atoms with E-state index < -0.39 is 11.7 Å². The Hall–Kier alpha value is -4.79. The SMILES string of the molecule is COc1cc(OC)c(/C=C/C(=O)Nc2ccc(OC)c(N/C=C/C(=O)c3ccc(F)cc3)c2)c(OC)c1. The highest BCUT2D eigenvalue weighted by atomic mass is 19.1. The molecule has 3 aromatic rings. The summed E-state index contributed by atoms with van der Waals surface area (Å²) < 4.78 is 34.4. The van der Waals surface area contributed by atoms with Gasteiger partial charge in [0.25, 0.3) is 0 Å². The summed E-state index contributed by atoms with van der Waals surface area (Å²) in [7, 11) is 6.07. The van der Waals surface area contributed by atoms with Crippen LogP contribution in [-0.4, -0.2) is 40.1 Å². The molecule has 0 radical (unpaired) electrons. The molecule has 3 aromatic carbocycles. The van der Waals surface area contributed by atoms with Crippen LogP contribution in [0.15, 0.2) is 72.9 Å². The number of methoxy groups -OCH3 is 4. The fraction of sp³-hybridized carbons (Fsp3) is 0.143. The first kappa shape index (κ1) is 26.8. The van der Waals surface area contributed by atoms with Gasteiger partial charge in [-0.3, -0.25) is 9.59 Å². The van der Waals surface area contributed by atoms with Crippen LogP contribution >= 0.6 is 0 Å². The first-order chi connectivity index (χ1) is 17.9. The highest BCUT2D eigenvalue weighted by Gasteiger charge is 2.12. The van der Waals surface area contributed by atoms with Crippen LogP contribution in [0.25, 0.3) is 6.08 Å². The highest BCUT2D eigenvalue weighted by Crippen LogP contribution is 2.35. The van der Waals surface area contributed by atoms with Crippen molar-refractivity contribution in [3.8, 4) is 23.0 Å². The lowest BCUT2D eigenvalue weighted by Gasteiger charge is -2.13. The fourth-order valence-corrected chi connectivity index (χ4v) is 3.36. The lowest BCUT2D eigenvalue weighted by Crippen LogP contribution is -2.08. The molecule has 0 saturated heterocycles. The van der Waals surface area contributed by atoms with Gasteiger partial charge in [0.05, 0.1) is 39.7 Å². The number of carbonyl (C=O) groups is 2. The van der Waals surface area contributed by atoms with Gasteiger partial charge in [0.15, 0.2) is 5.78 Å². The Labute approximate surface area is 214 Å². The summed E-state index contributed by atoms with van der Waals surface area (Å²) in [4.78, 5) is 24.9. The lowest BCUT2D eigenvalue weighted by atomic mass is 10.1. The second-order valence-electron chi connectivity index (χ2n) is 7.53. The van der Waals surface area contributed by atoms with Crippen molar-refractivity contribution in [1.29, 1.82) is 0 Å². The van der Waals surface area contributed by atoms with Crippen LogP contribution in [-0.2, 0) is 4.79 Å². The zero-order valence-corrected chi connectivity index (χ0v) is 20.8. The molecule has 0 saturated carbocycles. The minimum absolute atomic E-state index is 0.301. The average molecular weight is 507 g/mol. The average Bonchev–Trinajstić information content (AvgIpc) is 2.91. The monoisotopic (exact) mass is 506 g/mol. The number of halogens is 1. The molecule has 8 nitrogen and oxygen atoms in total. The molecule has 3 rings (SSSR count). The zero-order chi connectivity index (χ0) is 26.8. The van der Waals surface area contributed by atoms with Gasteiger partial charge in [-0.15, -0.1) is 0 Å². The third-order valence-corrected chi connectivity index (χ3v) is 5.22. The van der Waals surface area contributed by atoms with Crippen LogP contribution < -0.4 is 29.6 Å². The Kier molecular flexibility index (Phi) is 9.26. The number of ketones is 1. The second-order valence-corrected chi connectivity index (χ2v) is 7.53. The number of carbonyl (C=O) groups excluding carboxylic acids is 2. The number of hydrogen-bond donors (Lipinski definition) is 2. The van der Waals surface area contributed by atoms with Gasteiger partial charge in [-0.25, -0.2) is 4.39 Å². The van der Waals surface area contributed by atoms with E-state index in [2.05, 4.69) is 10.6 Å². The summed E-state index contributed by atoms with van der Waals surface area (Å²) >= 11 is 0. The maximum absolute atomic E-state index is 13.1. The second kappa shape index (κ2) is 12.8. The molecular formula is C28H27FN2O6. The van der Waals surface area contributed by atoms with Gasteiger partial charge in [0.1, 0.15) is 28.8 Å². The Morgan fingerprint density at radius 2 is 1.43 bits per heavy atom. The van der Waals surface area contributed by atoms with Crippen molar-refractivity contribution < 1.29 is 32.9 Å². The van der Waals surface area contributed by atoms with Gasteiger partial charge in [-0.1, -0.05) is 0 Å². The maximum Gasteiger partial charge on any atom is 0.248 e. The van der Waals surface area contributed by atoms with Crippen LogP contribution in [0, 0.1) is 5.82 Å². The van der Waals surface area contributed by atoms with E-state index in [0.29, 0.717) is 45.5 Å². The van der Waals surface area contributed by atoms with Crippen molar-refractivity contribution >= 4 is 29.1 Å². The first-order valence-electron chi connectivity index (χ1n) is 11.1. The van der Waals surface area contributed by atoms with E-state index in [-0.39, 0.29) is 5.78 Å². The van der Waals surface area contributed by atoms with Crippen LogP contribution in [0.5, 0.6) is 23.0 Å². The third-order valence-electron chi connectivity index (χ3n) is 5.22. The number of amides is 1. The highest BCUT2D eigenvalue weighted by molar-refractivity contribution is 6.05. The number of hydrogen-bond acceptors (Lipinski definition) is 7. The van der Waals surface area contributed by atoms with E-state index in [1.807, 2.05) is 0 Å². The standard InChI is InChI=1S/C28H27FN2O6/c1-34-21-16-26(36-3)22(27(17-21)37-4)10-12-28(33)31-20-9-11-25(35-2)23(15-20)30-14-13-24(32)18-5-7-19(29)8-6-18/h5-17,30H,1-4H3,(H,31,33)/b12-10+,14-13+. The van der Waals surface area contributed by atoms with Crippen molar-refractivity contribution in [2.24, 2.45) is 0 Å². The predicted octanol–water partition coefficient (Wildman–Crippen LogP) is 5.32. The first-order valence-corrected chi connectivity index (χ1v) is 11.1. The van der Waals surface area contributed by atoms with Crippen LogP contribution in [0.1, 0.15) is 15.9 Å². The molecule has 2 N–H and O–H groups in total. The number of ether oxygens (including phenoxy) is 4. The molecule has 192 valence electrons. The maximum atomic E-state index is 13.1. The van der Waals surface area contributed by atoms with E-state index in [9.17, 15) is 14.0 Å². The number of benzene rings is 3. The Morgan fingerprint density at radius 3 is 2.03 bits per heavy atom. The molecule has 0 aromatic heterocycles. The van der Waals surface area contributed by atoms with Crippen molar-refractivity contribution in [3.63, 3.8) is 0 Å². The number of rotatable bonds is 11. The summed E-state index contributed by atoms with van der Waals surface area (Å²) in [5.74, 6) is 0.918. The Balaban J connectivity index is 1.72. The van der Waals surface area contributed by atoms with Gasteiger partial charge in [-0.05, 0) is 48.5 Å². The number of anilines is 2. The lowest BCUT2D eigenvalue weighted by molar-refractivity contribution is -0.111. The van der Waals surface area contributed by atoms with E-state index in [4.69, 9.17) is 18.9 Å². The molecule has 0 atom stereocenters. The molecule has 0 heterocycles. The largest absolute Gasteiger partial charge is 0.496 e. The summed E-state index contributed by atoms with van der Waals surface area (Å²) in [5, 5.41) is 5.75. The van der Waals surface area contributed by atoms with Gasteiger partial charge in [0, 0.05) is 41.7 Å². The molecule has 0 aliphatic heterocycles. The summed E-state index contributed by atoms with van der Waals surface area (Å²) in [6.07, 6.45) is 5.69. The molecule has 0 spiro atoms. The molecular weight excluding hydrogens is 479 g/mol. The summed E-state index contributed by atoms with van der Waals surface area (Å²) in [6, 6.07) is 13.6. The van der Waals surface area contributed by atoms with Crippen LogP contribution in [0.2, 0.25) is 0 Å². The van der Waals surface area contributed by atoms with Crippen LogP contribution in [0.3, 0.4) is 0 Å². The normalized spacial score (nSPS) is 10.8. The number of allylic oxidation sites excluding steroid dienone is 1. The Bertz CT molecular complexity index is 1290. The van der Waals surface area contributed by atoms with Crippen molar-refractivity contribution in [2.75, 3.05) is 39.1 Å². The molecule has 0 aliphatic carbocycles. The molecule has 9 heteroatoms. The minimum atomic E-state index is -0.417. The molecule has 0 fully saturated rings. The summed E-state index contributed by atoms with van der Waals surface area (Å²) in [5.41, 5.74) is 1.94. The molecule has 0 bridgehead atoms. The van der Waals surface area contributed by atoms with E-state index in [1.165, 1.54) is 71.1 Å². The fourth-order valence-electron chi connectivity index (χ4n) is 3.36. The van der Waals surface area contributed by atoms with Crippen LogP contribution in [0.4, 0.5) is 15.8 Å². The zero-order valence-electron chi connectivity index (χ0n) is 20.8. The van der Waals surface area contributed by atoms with E-state index in [0.717, 1.165) is 0 Å². The smallest absolute Gasteiger partial charge is 0.248 e. The molecule has 1 amide bonds. The van der Waals surface area contributed by atoms with Gasteiger partial charge in [-0.2, -0.15) is 0 Å². The molecule has 0 aliphatic rings. The third kappa shape index (κ3) is 7.11. The minimum Gasteiger partial charge on any atom is -0.496 e. The van der Waals surface area contributed by atoms with Crippen molar-refractivity contribution in [3.05, 3.63) is 89.9 Å². The predicted molar refractivity (Wildman–Crippen MR) is 140 cm³/mol. The van der Waals surface area contributed by atoms with E-state index >= 15 is 0 Å². The van der Waals surface area contributed by atoms with E-state index in [1.54, 1.807) is 36.4 Å². The molecule has 0 unspecified atom stereocenters. The summed E-state index contributed by atoms with van der Waals surface area (Å²) in [6.45, 7) is 0. The van der Waals surface area contributed by atoms with Gasteiger partial charge < -0.3 is 29.6 Å². The quantitative estimate of drug-likeness (QED) is 0.268. The van der Waals surface area contributed by atoms with Gasteiger partial charge in [0.2, 0.25) is 5.91 Å². The van der Waals surface area contributed by atoms with Crippen molar-refractivity contribution in [1.82, 2.24) is 0 Å². The molecule has 37 heavy (non-hydrogen) atoms.